The molecule has 0 saturated carbocycles. The Morgan fingerprint density at radius 1 is 1.44 bits per heavy atom. The van der Waals surface area contributed by atoms with Crippen molar-refractivity contribution in [1.82, 2.24) is 5.43 Å². The number of nitrogens with two attached hydrogens (primary N) is 1. The van der Waals surface area contributed by atoms with E-state index in [-0.39, 0.29) is 12.4 Å². The van der Waals surface area contributed by atoms with Crippen LogP contribution in [0.15, 0.2) is 4.99 Å². The Labute approximate surface area is 61.1 Å². The summed E-state index contributed by atoms with van der Waals surface area (Å²) in [6.45, 7) is 0.944. The summed E-state index contributed by atoms with van der Waals surface area (Å²) < 4.78 is 0. The van der Waals surface area contributed by atoms with Crippen LogP contribution in [-0.4, -0.2) is 12.4 Å². The molecule has 0 atom stereocenters. The highest BCUT2D eigenvalue weighted by Crippen LogP contribution is 2.02. The maximum Gasteiger partial charge on any atom is 0.110 e. The second kappa shape index (κ2) is 4.58. The summed E-state index contributed by atoms with van der Waals surface area (Å²) in [7, 11) is 0. The molecule has 4 heteroatoms. The molecule has 1 rings (SSSR count). The fourth-order valence-corrected chi connectivity index (χ4v) is 0.815. The van der Waals surface area contributed by atoms with Crippen LogP contribution in [0.2, 0.25) is 0 Å². The summed E-state index contributed by atoms with van der Waals surface area (Å²) in [6.07, 6.45) is 3.46. The van der Waals surface area contributed by atoms with Crippen LogP contribution in [0.4, 0.5) is 0 Å². The third-order valence-corrected chi connectivity index (χ3v) is 1.29. The zero-order valence-electron chi connectivity index (χ0n) is 5.26. The highest BCUT2D eigenvalue weighted by Gasteiger charge is 2.00. The molecule has 0 radical (unpaired) electrons. The lowest BCUT2D eigenvalue weighted by Gasteiger charge is -2.09. The number of hydrogen-bond donors (Lipinski definition) is 2. The third kappa shape index (κ3) is 2.67. The minimum atomic E-state index is 0. The molecule has 0 fully saturated rings. The van der Waals surface area contributed by atoms with E-state index in [0.29, 0.717) is 0 Å². The van der Waals surface area contributed by atoms with Crippen molar-refractivity contribution in [2.45, 2.75) is 19.3 Å². The van der Waals surface area contributed by atoms with E-state index in [1.807, 2.05) is 0 Å². The van der Waals surface area contributed by atoms with Gasteiger partial charge in [0.25, 0.3) is 0 Å². The van der Waals surface area contributed by atoms with Crippen molar-refractivity contribution >= 4 is 18.2 Å². The van der Waals surface area contributed by atoms with Crippen LogP contribution in [-0.2, 0) is 0 Å². The summed E-state index contributed by atoms with van der Waals surface area (Å²) in [5.74, 6) is 6.08. The molecular weight excluding hydrogens is 138 g/mol. The first-order valence-corrected chi connectivity index (χ1v) is 2.93. The highest BCUT2D eigenvalue weighted by atomic mass is 35.5. The molecule has 1 heterocycles. The van der Waals surface area contributed by atoms with E-state index >= 15 is 0 Å². The van der Waals surface area contributed by atoms with E-state index in [2.05, 4.69) is 10.4 Å². The second-order valence-corrected chi connectivity index (χ2v) is 1.93. The molecule has 54 valence electrons. The molecule has 0 amide bonds. The first-order chi connectivity index (χ1) is 3.93. The molecule has 3 N–H and O–H groups in total. The summed E-state index contributed by atoms with van der Waals surface area (Å²) >= 11 is 0. The SMILES string of the molecule is Cl.NNC1=NCCCC1. The Kier molecular flexibility index (Phi) is 4.44. The summed E-state index contributed by atoms with van der Waals surface area (Å²) in [5.41, 5.74) is 2.55. The van der Waals surface area contributed by atoms with Gasteiger partial charge in [-0.05, 0) is 12.8 Å². The minimum Gasteiger partial charge on any atom is -0.312 e. The molecule has 0 unspecified atom stereocenters. The van der Waals surface area contributed by atoms with Gasteiger partial charge in [0.1, 0.15) is 5.84 Å². The zero-order valence-corrected chi connectivity index (χ0v) is 6.08. The van der Waals surface area contributed by atoms with E-state index in [4.69, 9.17) is 5.84 Å². The number of halogens is 1. The van der Waals surface area contributed by atoms with Crippen LogP contribution in [0.1, 0.15) is 19.3 Å². The molecule has 0 aliphatic carbocycles. The van der Waals surface area contributed by atoms with E-state index in [1.165, 1.54) is 12.8 Å². The van der Waals surface area contributed by atoms with Gasteiger partial charge >= 0.3 is 0 Å². The Hall–Kier alpha value is -0.280. The molecule has 0 aromatic heterocycles. The molecule has 0 aromatic rings. The van der Waals surface area contributed by atoms with Gasteiger partial charge < -0.3 is 5.43 Å². The molecule has 0 spiro atoms. The monoisotopic (exact) mass is 149 g/mol. The molecule has 9 heavy (non-hydrogen) atoms. The molecular formula is C5H12ClN3. The summed E-state index contributed by atoms with van der Waals surface area (Å²) in [6, 6.07) is 0. The third-order valence-electron chi connectivity index (χ3n) is 1.29. The van der Waals surface area contributed by atoms with Crippen LogP contribution in [0.3, 0.4) is 0 Å². The Bertz CT molecular complexity index is 102. The van der Waals surface area contributed by atoms with Gasteiger partial charge in [0.15, 0.2) is 0 Å². The van der Waals surface area contributed by atoms with Gasteiger partial charge in [0, 0.05) is 13.0 Å². The van der Waals surface area contributed by atoms with Crippen molar-refractivity contribution in [1.29, 1.82) is 0 Å². The average Bonchev–Trinajstić information content (AvgIpc) is 1.90. The van der Waals surface area contributed by atoms with E-state index in [9.17, 15) is 0 Å². The lowest BCUT2D eigenvalue weighted by atomic mass is 10.2. The standard InChI is InChI=1S/C5H11N3.ClH/c6-8-5-3-1-2-4-7-5;/h1-4,6H2,(H,7,8);1H. The first kappa shape index (κ1) is 8.72. The van der Waals surface area contributed by atoms with Gasteiger partial charge in [-0.1, -0.05) is 0 Å². The van der Waals surface area contributed by atoms with Crippen LogP contribution in [0, 0.1) is 0 Å². The normalized spacial score (nSPS) is 17.7. The molecule has 1 aliphatic rings. The Morgan fingerprint density at radius 2 is 2.22 bits per heavy atom. The van der Waals surface area contributed by atoms with E-state index in [1.54, 1.807) is 0 Å². The number of aliphatic imine (C=N–C) groups is 1. The van der Waals surface area contributed by atoms with Crippen molar-refractivity contribution < 1.29 is 0 Å². The van der Waals surface area contributed by atoms with Crippen molar-refractivity contribution in [3.05, 3.63) is 0 Å². The smallest absolute Gasteiger partial charge is 0.110 e. The van der Waals surface area contributed by atoms with Crippen molar-refractivity contribution in [3.63, 3.8) is 0 Å². The van der Waals surface area contributed by atoms with Gasteiger partial charge in [0.05, 0.1) is 0 Å². The van der Waals surface area contributed by atoms with Gasteiger partial charge in [-0.15, -0.1) is 12.4 Å². The summed E-state index contributed by atoms with van der Waals surface area (Å²) in [5, 5.41) is 0. The van der Waals surface area contributed by atoms with Crippen LogP contribution < -0.4 is 11.3 Å². The molecule has 1 aliphatic heterocycles. The minimum absolute atomic E-state index is 0. The maximum atomic E-state index is 5.12. The van der Waals surface area contributed by atoms with Gasteiger partial charge in [-0.3, -0.25) is 4.99 Å². The number of rotatable bonds is 0. The van der Waals surface area contributed by atoms with Crippen molar-refractivity contribution in [2.75, 3.05) is 6.54 Å². The average molecular weight is 150 g/mol. The second-order valence-electron chi connectivity index (χ2n) is 1.93. The van der Waals surface area contributed by atoms with E-state index in [0.717, 1.165) is 18.8 Å². The largest absolute Gasteiger partial charge is 0.312 e. The predicted octanol–water partition coefficient (Wildman–Crippen LogP) is 0.454. The van der Waals surface area contributed by atoms with E-state index < -0.39 is 0 Å². The zero-order chi connectivity index (χ0) is 5.82. The fraction of sp³-hybridized carbons (Fsp3) is 0.800. The first-order valence-electron chi connectivity index (χ1n) is 2.93. The number of hydrazine groups is 1. The molecule has 0 aromatic carbocycles. The molecule has 3 nitrogen and oxygen atoms in total. The maximum absolute atomic E-state index is 5.12. The fourth-order valence-electron chi connectivity index (χ4n) is 0.815. The van der Waals surface area contributed by atoms with Gasteiger partial charge in [-0.2, -0.15) is 0 Å². The summed E-state index contributed by atoms with van der Waals surface area (Å²) in [4.78, 5) is 4.13. The van der Waals surface area contributed by atoms with Crippen molar-refractivity contribution in [3.8, 4) is 0 Å². The molecule has 0 bridgehead atoms. The number of hydrogen-bond acceptors (Lipinski definition) is 3. The Morgan fingerprint density at radius 3 is 2.56 bits per heavy atom. The number of amidine groups is 1. The molecule has 0 saturated heterocycles. The number of nitrogens with one attached hydrogen (secondary N) is 1. The highest BCUT2D eigenvalue weighted by molar-refractivity contribution is 5.85. The van der Waals surface area contributed by atoms with Crippen LogP contribution in [0.25, 0.3) is 0 Å². The van der Waals surface area contributed by atoms with Gasteiger partial charge in [0.2, 0.25) is 0 Å². The quantitative estimate of drug-likeness (QED) is 0.388. The Balaban J connectivity index is 0.000000640. The lowest BCUT2D eigenvalue weighted by molar-refractivity contribution is 0.713. The van der Waals surface area contributed by atoms with Gasteiger partial charge in [-0.25, -0.2) is 5.84 Å². The topological polar surface area (TPSA) is 50.4 Å². The van der Waals surface area contributed by atoms with Crippen LogP contribution >= 0.6 is 12.4 Å². The predicted molar refractivity (Wildman–Crippen MR) is 40.7 cm³/mol. The van der Waals surface area contributed by atoms with Crippen molar-refractivity contribution in [2.24, 2.45) is 10.8 Å². The number of nitrogens with zero attached hydrogens (tertiary/aromatic N) is 1. The lowest BCUT2D eigenvalue weighted by Crippen LogP contribution is -2.31. The van der Waals surface area contributed by atoms with Crippen LogP contribution in [0.5, 0.6) is 0 Å².